The average Bonchev–Trinajstić information content (AvgIpc) is 2.89. The fourth-order valence-electron chi connectivity index (χ4n) is 1.93. The molecule has 0 radical (unpaired) electrons. The molecule has 0 saturated heterocycles. The number of nitrogens with one attached hydrogen (secondary N) is 1. The normalized spacial score (nSPS) is 12.5. The lowest BCUT2D eigenvalue weighted by Gasteiger charge is -1.99. The number of nitrogens with zero attached hydrogens (tertiary/aromatic N) is 2. The number of benzene rings is 1. The summed E-state index contributed by atoms with van der Waals surface area (Å²) in [4.78, 5) is 12.2. The number of hydrogen-bond acceptors (Lipinski definition) is 4. The number of rotatable bonds is 3. The fourth-order valence-corrected chi connectivity index (χ4v) is 3.00. The van der Waals surface area contributed by atoms with Crippen LogP contribution in [0.5, 0.6) is 5.75 Å². The molecular formula is C14H13N3O2S. The van der Waals surface area contributed by atoms with Gasteiger partial charge in [0, 0.05) is 18.0 Å². The van der Waals surface area contributed by atoms with Crippen molar-refractivity contribution in [3.8, 4) is 5.75 Å². The highest BCUT2D eigenvalue weighted by atomic mass is 32.2. The van der Waals surface area contributed by atoms with Crippen LogP contribution in [0.15, 0.2) is 46.6 Å². The molecule has 0 aliphatic rings. The highest BCUT2D eigenvalue weighted by Gasteiger charge is 2.13. The summed E-state index contributed by atoms with van der Waals surface area (Å²) in [5.74, 6) is 0.734. The first-order valence-electron chi connectivity index (χ1n) is 6.05. The lowest BCUT2D eigenvalue weighted by molar-refractivity contribution is 0.415. The molecule has 1 atom stereocenters. The predicted octanol–water partition coefficient (Wildman–Crippen LogP) is 2.44. The molecule has 1 unspecified atom stereocenters. The van der Waals surface area contributed by atoms with Gasteiger partial charge in [-0.25, -0.2) is 9.19 Å². The molecule has 0 fully saturated rings. The lowest BCUT2D eigenvalue weighted by atomic mass is 10.3. The van der Waals surface area contributed by atoms with Gasteiger partial charge < -0.3 is 9.72 Å². The van der Waals surface area contributed by atoms with Crippen LogP contribution in [0.3, 0.4) is 0 Å². The van der Waals surface area contributed by atoms with E-state index in [1.54, 1.807) is 25.4 Å². The van der Waals surface area contributed by atoms with E-state index in [0.717, 1.165) is 22.5 Å². The number of aryl methyl sites for hydroxylation is 1. The van der Waals surface area contributed by atoms with Crippen LogP contribution in [0.4, 0.5) is 0 Å². The predicted molar refractivity (Wildman–Crippen MR) is 76.3 cm³/mol. The first-order chi connectivity index (χ1) is 9.67. The van der Waals surface area contributed by atoms with E-state index in [1.165, 1.54) is 0 Å². The maximum absolute atomic E-state index is 12.5. The number of pyridine rings is 1. The summed E-state index contributed by atoms with van der Waals surface area (Å²) >= 11 is 0. The smallest absolute Gasteiger partial charge is 0.202 e. The molecule has 0 aliphatic carbocycles. The molecular weight excluding hydrogens is 274 g/mol. The Morgan fingerprint density at radius 3 is 2.85 bits per heavy atom. The molecule has 0 spiro atoms. The monoisotopic (exact) mass is 287 g/mol. The molecule has 0 aliphatic heterocycles. The van der Waals surface area contributed by atoms with E-state index in [2.05, 4.69) is 15.0 Å². The first-order valence-corrected chi connectivity index (χ1v) is 7.20. The summed E-state index contributed by atoms with van der Waals surface area (Å²) in [7, 11) is 0.262. The van der Waals surface area contributed by atoms with Crippen LogP contribution in [-0.2, 0) is 10.8 Å². The number of H-pyrrole nitrogens is 1. The van der Waals surface area contributed by atoms with Gasteiger partial charge in [0.05, 0.1) is 23.0 Å². The molecule has 0 saturated carbocycles. The number of fused-ring (bicyclic) bond motifs is 1. The number of hydrogen-bond donors (Lipinski definition) is 1. The summed E-state index contributed by atoms with van der Waals surface area (Å²) in [5, 5.41) is 0.429. The Balaban J connectivity index is 2.03. The Bertz CT molecular complexity index is 798. The Kier molecular flexibility index (Phi) is 3.23. The number of aromatic nitrogens is 3. The Hall–Kier alpha value is -2.21. The highest BCUT2D eigenvalue weighted by molar-refractivity contribution is 7.85. The van der Waals surface area contributed by atoms with Gasteiger partial charge in [0.25, 0.3) is 0 Å². The molecule has 2 aromatic heterocycles. The minimum Gasteiger partial charge on any atom is -0.497 e. The van der Waals surface area contributed by atoms with Crippen molar-refractivity contribution >= 4 is 21.8 Å². The summed E-state index contributed by atoms with van der Waals surface area (Å²) in [6.45, 7) is 1.87. The van der Waals surface area contributed by atoms with Crippen molar-refractivity contribution in [1.29, 1.82) is 0 Å². The molecule has 3 aromatic rings. The first kappa shape index (κ1) is 12.8. The van der Waals surface area contributed by atoms with E-state index >= 15 is 0 Å². The summed E-state index contributed by atoms with van der Waals surface area (Å²) < 4.78 is 17.6. The van der Waals surface area contributed by atoms with Crippen molar-refractivity contribution in [2.45, 2.75) is 17.0 Å². The van der Waals surface area contributed by atoms with Gasteiger partial charge >= 0.3 is 0 Å². The fraction of sp³-hybridized carbons (Fsp3) is 0.143. The Labute approximate surface area is 118 Å². The van der Waals surface area contributed by atoms with E-state index in [-0.39, 0.29) is 0 Å². The maximum Gasteiger partial charge on any atom is 0.202 e. The van der Waals surface area contributed by atoms with E-state index in [4.69, 9.17) is 4.74 Å². The number of ether oxygens (including phenoxy) is 1. The number of methoxy groups -OCH3 is 1. The minimum atomic E-state index is -1.35. The Morgan fingerprint density at radius 1 is 1.25 bits per heavy atom. The van der Waals surface area contributed by atoms with Crippen molar-refractivity contribution < 1.29 is 8.95 Å². The van der Waals surface area contributed by atoms with Crippen LogP contribution in [0, 0.1) is 6.92 Å². The third kappa shape index (κ3) is 2.30. The Morgan fingerprint density at radius 2 is 2.10 bits per heavy atom. The van der Waals surface area contributed by atoms with Gasteiger partial charge in [-0.2, -0.15) is 0 Å². The molecule has 0 bridgehead atoms. The van der Waals surface area contributed by atoms with Crippen LogP contribution >= 0.6 is 0 Å². The van der Waals surface area contributed by atoms with Gasteiger partial charge in [-0.1, -0.05) is 0 Å². The van der Waals surface area contributed by atoms with Crippen molar-refractivity contribution in [2.24, 2.45) is 0 Å². The van der Waals surface area contributed by atoms with E-state index in [0.29, 0.717) is 10.1 Å². The quantitative estimate of drug-likeness (QED) is 0.803. The van der Waals surface area contributed by atoms with Gasteiger partial charge in [-0.05, 0) is 31.2 Å². The minimum absolute atomic E-state index is 0.429. The summed E-state index contributed by atoms with van der Waals surface area (Å²) in [6.07, 6.45) is 1.65. The van der Waals surface area contributed by atoms with Crippen LogP contribution in [0.1, 0.15) is 5.69 Å². The zero-order valence-electron chi connectivity index (χ0n) is 11.1. The van der Waals surface area contributed by atoms with Crippen molar-refractivity contribution in [3.63, 3.8) is 0 Å². The molecule has 2 heterocycles. The largest absolute Gasteiger partial charge is 0.497 e. The second-order valence-electron chi connectivity index (χ2n) is 4.33. The number of imidazole rings is 1. The highest BCUT2D eigenvalue weighted by Crippen LogP contribution is 2.22. The van der Waals surface area contributed by atoms with Gasteiger partial charge in [0.2, 0.25) is 5.16 Å². The van der Waals surface area contributed by atoms with Crippen LogP contribution in [-0.4, -0.2) is 26.3 Å². The molecule has 1 aromatic carbocycles. The molecule has 1 N–H and O–H groups in total. The second-order valence-corrected chi connectivity index (χ2v) is 5.72. The van der Waals surface area contributed by atoms with Gasteiger partial charge in [0.15, 0.2) is 0 Å². The third-order valence-electron chi connectivity index (χ3n) is 2.93. The van der Waals surface area contributed by atoms with E-state index in [9.17, 15) is 4.21 Å². The van der Waals surface area contributed by atoms with Crippen molar-refractivity contribution in [1.82, 2.24) is 15.0 Å². The molecule has 20 heavy (non-hydrogen) atoms. The maximum atomic E-state index is 12.5. The zero-order valence-corrected chi connectivity index (χ0v) is 11.9. The zero-order chi connectivity index (χ0) is 14.1. The van der Waals surface area contributed by atoms with Crippen LogP contribution in [0.2, 0.25) is 0 Å². The summed E-state index contributed by atoms with van der Waals surface area (Å²) in [6, 6.07) is 9.03. The third-order valence-corrected chi connectivity index (χ3v) is 4.15. The topological polar surface area (TPSA) is 67.9 Å². The molecule has 0 amide bonds. The van der Waals surface area contributed by atoms with Crippen molar-refractivity contribution in [3.05, 3.63) is 42.2 Å². The van der Waals surface area contributed by atoms with E-state index in [1.807, 2.05) is 25.1 Å². The molecule has 102 valence electrons. The molecule has 5 nitrogen and oxygen atoms in total. The van der Waals surface area contributed by atoms with Crippen LogP contribution < -0.4 is 4.74 Å². The van der Waals surface area contributed by atoms with Crippen molar-refractivity contribution in [2.75, 3.05) is 7.11 Å². The summed E-state index contributed by atoms with van der Waals surface area (Å²) in [5.41, 5.74) is 2.40. The standard InChI is InChI=1S/C14H13N3O2S/c1-9-7-11(5-6-15-9)20(18)14-16-12-4-3-10(19-2)8-13(12)17-14/h3-8H,1-2H3,(H,16,17). The number of aromatic amines is 1. The average molecular weight is 287 g/mol. The van der Waals surface area contributed by atoms with Gasteiger partial charge in [-0.3, -0.25) is 4.98 Å². The molecule has 3 rings (SSSR count). The van der Waals surface area contributed by atoms with Crippen LogP contribution in [0.25, 0.3) is 11.0 Å². The second kappa shape index (κ2) is 5.05. The SMILES string of the molecule is COc1ccc2nc(S(=O)c3ccnc(C)c3)[nH]c2c1. The van der Waals surface area contributed by atoms with E-state index < -0.39 is 10.8 Å². The van der Waals surface area contributed by atoms with Gasteiger partial charge in [-0.15, -0.1) is 0 Å². The lowest BCUT2D eigenvalue weighted by Crippen LogP contribution is -1.96. The molecule has 6 heteroatoms. The van der Waals surface area contributed by atoms with Gasteiger partial charge in [0.1, 0.15) is 16.5 Å².